The summed E-state index contributed by atoms with van der Waals surface area (Å²) in [5, 5.41) is 0. The van der Waals surface area contributed by atoms with E-state index < -0.39 is 0 Å². The van der Waals surface area contributed by atoms with Crippen LogP contribution in [0.3, 0.4) is 0 Å². The van der Waals surface area contributed by atoms with E-state index in [1.54, 1.807) is 12.5 Å². The highest BCUT2D eigenvalue weighted by Crippen LogP contribution is 2.24. The van der Waals surface area contributed by atoms with E-state index in [1.165, 1.54) is 36.3 Å². The summed E-state index contributed by atoms with van der Waals surface area (Å²) >= 11 is 0. The van der Waals surface area contributed by atoms with Crippen LogP contribution in [0.15, 0.2) is 41.1 Å². The summed E-state index contributed by atoms with van der Waals surface area (Å²) in [5.41, 5.74) is 2.34. The summed E-state index contributed by atoms with van der Waals surface area (Å²) in [6.45, 7) is 11.9. The Bertz CT molecular complexity index is 554. The number of nitrogens with zero attached hydrogens (tertiary/aromatic N) is 3. The van der Waals surface area contributed by atoms with Crippen molar-refractivity contribution in [2.24, 2.45) is 0 Å². The molecule has 22 heavy (non-hydrogen) atoms. The number of anilines is 1. The SMILES string of the molecule is CC[N+]1(CC)CCN(c2ccc(-c3ncco3)cc2)CC1.[I-]. The van der Waals surface area contributed by atoms with Gasteiger partial charge in [0, 0.05) is 11.3 Å². The van der Waals surface area contributed by atoms with Crippen LogP contribution < -0.4 is 28.9 Å². The van der Waals surface area contributed by atoms with E-state index in [0.717, 1.165) is 18.7 Å². The number of benzene rings is 1. The molecule has 2 aromatic rings. The molecule has 1 aromatic carbocycles. The van der Waals surface area contributed by atoms with Gasteiger partial charge >= 0.3 is 0 Å². The molecule has 0 bridgehead atoms. The van der Waals surface area contributed by atoms with Crippen molar-refractivity contribution in [2.45, 2.75) is 13.8 Å². The molecule has 0 atom stereocenters. The fourth-order valence-electron chi connectivity index (χ4n) is 3.18. The zero-order valence-corrected chi connectivity index (χ0v) is 15.5. The highest BCUT2D eigenvalue weighted by atomic mass is 127. The van der Waals surface area contributed by atoms with Crippen LogP contribution >= 0.6 is 0 Å². The number of piperazine rings is 1. The molecule has 2 heterocycles. The molecule has 1 fully saturated rings. The molecule has 1 aliphatic rings. The van der Waals surface area contributed by atoms with Crippen LogP contribution in [0.1, 0.15) is 13.8 Å². The van der Waals surface area contributed by atoms with Crippen molar-refractivity contribution < 1.29 is 32.9 Å². The van der Waals surface area contributed by atoms with Gasteiger partial charge in [-0.3, -0.25) is 0 Å². The summed E-state index contributed by atoms with van der Waals surface area (Å²) in [6.07, 6.45) is 3.29. The number of hydrogen-bond acceptors (Lipinski definition) is 3. The largest absolute Gasteiger partial charge is 1.00 e. The minimum Gasteiger partial charge on any atom is -1.00 e. The Morgan fingerprint density at radius 2 is 1.73 bits per heavy atom. The van der Waals surface area contributed by atoms with E-state index in [0.29, 0.717) is 5.89 Å². The van der Waals surface area contributed by atoms with E-state index in [4.69, 9.17) is 4.42 Å². The Kier molecular flexibility index (Phi) is 5.86. The molecule has 1 saturated heterocycles. The van der Waals surface area contributed by atoms with Crippen molar-refractivity contribution in [3.8, 4) is 11.5 Å². The van der Waals surface area contributed by atoms with Crippen LogP contribution in [0.2, 0.25) is 0 Å². The first kappa shape index (κ1) is 17.3. The van der Waals surface area contributed by atoms with Crippen molar-refractivity contribution in [3.63, 3.8) is 0 Å². The molecular formula is C17H24IN3O. The molecule has 0 radical (unpaired) electrons. The lowest BCUT2D eigenvalue weighted by Gasteiger charge is -2.44. The Morgan fingerprint density at radius 3 is 2.23 bits per heavy atom. The average molecular weight is 413 g/mol. The Morgan fingerprint density at radius 1 is 1.09 bits per heavy atom. The Labute approximate surface area is 149 Å². The zero-order valence-electron chi connectivity index (χ0n) is 13.3. The van der Waals surface area contributed by atoms with Crippen LogP contribution in [-0.4, -0.2) is 48.7 Å². The molecule has 0 spiro atoms. The van der Waals surface area contributed by atoms with Gasteiger partial charge in [0.15, 0.2) is 0 Å². The van der Waals surface area contributed by atoms with Gasteiger partial charge in [0.2, 0.25) is 5.89 Å². The molecule has 0 unspecified atom stereocenters. The van der Waals surface area contributed by atoms with E-state index in [9.17, 15) is 0 Å². The fraction of sp³-hybridized carbons (Fsp3) is 0.471. The first-order valence-corrected chi connectivity index (χ1v) is 7.86. The predicted octanol–water partition coefficient (Wildman–Crippen LogP) is 0.0222. The van der Waals surface area contributed by atoms with Gasteiger partial charge in [-0.2, -0.15) is 0 Å². The molecular weight excluding hydrogens is 389 g/mol. The summed E-state index contributed by atoms with van der Waals surface area (Å²) in [4.78, 5) is 6.67. The van der Waals surface area contributed by atoms with Crippen molar-refractivity contribution >= 4 is 5.69 Å². The second-order valence-corrected chi connectivity index (χ2v) is 5.79. The summed E-state index contributed by atoms with van der Waals surface area (Å²) in [6, 6.07) is 8.55. The third kappa shape index (κ3) is 3.46. The number of quaternary nitrogens is 1. The van der Waals surface area contributed by atoms with Crippen LogP contribution in [0.4, 0.5) is 5.69 Å². The number of aromatic nitrogens is 1. The van der Waals surface area contributed by atoms with E-state index >= 15 is 0 Å². The topological polar surface area (TPSA) is 29.3 Å². The minimum atomic E-state index is 0. The van der Waals surface area contributed by atoms with E-state index in [1.807, 2.05) is 0 Å². The predicted molar refractivity (Wildman–Crippen MR) is 85.2 cm³/mol. The molecule has 0 amide bonds. The molecule has 1 aliphatic heterocycles. The van der Waals surface area contributed by atoms with Crippen LogP contribution in [-0.2, 0) is 0 Å². The normalized spacial score (nSPS) is 17.1. The fourth-order valence-corrected chi connectivity index (χ4v) is 3.18. The number of likely N-dealkylation sites (N-methyl/N-ethyl adjacent to an activating group) is 1. The van der Waals surface area contributed by atoms with Crippen LogP contribution in [0, 0.1) is 0 Å². The van der Waals surface area contributed by atoms with Crippen molar-refractivity contribution in [1.29, 1.82) is 0 Å². The smallest absolute Gasteiger partial charge is 0.225 e. The molecule has 4 nitrogen and oxygen atoms in total. The first-order chi connectivity index (χ1) is 10.3. The summed E-state index contributed by atoms with van der Waals surface area (Å²) < 4.78 is 6.59. The standard InChI is InChI=1S/C17H24N3O.HI/c1-3-20(4-2)12-10-19(11-13-20)16-7-5-15(6-8-16)17-18-9-14-21-17;/h5-9,14H,3-4,10-13H2,1-2H3;1H/q+1;/p-1. The lowest BCUT2D eigenvalue weighted by atomic mass is 10.1. The number of rotatable bonds is 4. The van der Waals surface area contributed by atoms with E-state index in [2.05, 4.69) is 48.0 Å². The monoisotopic (exact) mass is 413 g/mol. The molecule has 1 aromatic heterocycles. The van der Waals surface area contributed by atoms with Crippen LogP contribution in [0.25, 0.3) is 11.5 Å². The van der Waals surface area contributed by atoms with Gasteiger partial charge in [-0.05, 0) is 38.1 Å². The third-order valence-electron chi connectivity index (χ3n) is 4.94. The third-order valence-corrected chi connectivity index (χ3v) is 4.94. The van der Waals surface area contributed by atoms with Gasteiger partial charge in [-0.1, -0.05) is 0 Å². The Balaban J connectivity index is 0.00000176. The maximum atomic E-state index is 5.33. The highest BCUT2D eigenvalue weighted by Gasteiger charge is 2.29. The summed E-state index contributed by atoms with van der Waals surface area (Å²) in [5.74, 6) is 0.688. The van der Waals surface area contributed by atoms with Crippen molar-refractivity contribution in [2.75, 3.05) is 44.2 Å². The Hall–Kier alpha value is -1.08. The van der Waals surface area contributed by atoms with Gasteiger partial charge in [0.1, 0.15) is 6.26 Å². The molecule has 120 valence electrons. The zero-order chi connectivity index (χ0) is 14.7. The van der Waals surface area contributed by atoms with E-state index in [-0.39, 0.29) is 24.0 Å². The highest BCUT2D eigenvalue weighted by molar-refractivity contribution is 5.59. The average Bonchev–Trinajstić information content (AvgIpc) is 3.10. The van der Waals surface area contributed by atoms with Gasteiger partial charge in [0.05, 0.1) is 45.5 Å². The lowest BCUT2D eigenvalue weighted by Crippen LogP contribution is -3.00. The number of hydrogen-bond donors (Lipinski definition) is 0. The second kappa shape index (κ2) is 7.46. The molecule has 0 N–H and O–H groups in total. The number of halogens is 1. The first-order valence-electron chi connectivity index (χ1n) is 7.86. The molecule has 0 aliphatic carbocycles. The van der Waals surface area contributed by atoms with Crippen molar-refractivity contribution in [3.05, 3.63) is 36.7 Å². The maximum Gasteiger partial charge on any atom is 0.225 e. The molecule has 5 heteroatoms. The molecule has 3 rings (SSSR count). The number of oxazole rings is 1. The maximum absolute atomic E-state index is 5.33. The van der Waals surface area contributed by atoms with Gasteiger partial charge < -0.3 is 37.8 Å². The van der Waals surface area contributed by atoms with Gasteiger partial charge in [-0.15, -0.1) is 0 Å². The van der Waals surface area contributed by atoms with Crippen molar-refractivity contribution in [1.82, 2.24) is 4.98 Å². The second-order valence-electron chi connectivity index (χ2n) is 5.79. The summed E-state index contributed by atoms with van der Waals surface area (Å²) in [7, 11) is 0. The minimum absolute atomic E-state index is 0. The van der Waals surface area contributed by atoms with Gasteiger partial charge in [0.25, 0.3) is 0 Å². The lowest BCUT2D eigenvalue weighted by molar-refractivity contribution is -0.925. The van der Waals surface area contributed by atoms with Crippen LogP contribution in [0.5, 0.6) is 0 Å². The molecule has 0 saturated carbocycles. The van der Waals surface area contributed by atoms with Gasteiger partial charge in [-0.25, -0.2) is 4.98 Å². The quantitative estimate of drug-likeness (QED) is 0.523.